The van der Waals surface area contributed by atoms with Gasteiger partial charge >= 0.3 is 0 Å². The predicted octanol–water partition coefficient (Wildman–Crippen LogP) is 2.10. The van der Waals surface area contributed by atoms with Gasteiger partial charge in [-0.15, -0.1) is 0 Å². The molecule has 0 aromatic heterocycles. The zero-order chi connectivity index (χ0) is 12.1. The van der Waals surface area contributed by atoms with Crippen LogP contribution in [0.3, 0.4) is 0 Å². The second kappa shape index (κ2) is 5.98. The summed E-state index contributed by atoms with van der Waals surface area (Å²) < 4.78 is 24.3. The van der Waals surface area contributed by atoms with E-state index in [2.05, 4.69) is 5.32 Å². The SMILES string of the molecule is CNCc1cc(F)cc(OCC2CCCO2)c1. The fraction of sp³-hybridized carbons (Fsp3) is 0.538. The molecule has 0 spiro atoms. The van der Waals surface area contributed by atoms with Crippen LogP contribution in [-0.2, 0) is 11.3 Å². The van der Waals surface area contributed by atoms with Crippen molar-refractivity contribution in [2.24, 2.45) is 0 Å². The maximum atomic E-state index is 13.3. The molecule has 94 valence electrons. The lowest BCUT2D eigenvalue weighted by Crippen LogP contribution is -2.16. The molecular weight excluding hydrogens is 221 g/mol. The number of rotatable bonds is 5. The standard InChI is InChI=1S/C13H18FNO2/c1-15-8-10-5-11(14)7-13(6-10)17-9-12-3-2-4-16-12/h5-7,12,15H,2-4,8-9H2,1H3. The molecule has 0 bridgehead atoms. The summed E-state index contributed by atoms with van der Waals surface area (Å²) in [6.07, 6.45) is 2.27. The molecule has 0 saturated carbocycles. The van der Waals surface area contributed by atoms with E-state index in [1.165, 1.54) is 12.1 Å². The van der Waals surface area contributed by atoms with Crippen LogP contribution < -0.4 is 10.1 Å². The highest BCUT2D eigenvalue weighted by Gasteiger charge is 2.16. The second-order valence-corrected chi connectivity index (χ2v) is 4.27. The van der Waals surface area contributed by atoms with E-state index in [0.717, 1.165) is 25.0 Å². The molecular formula is C13H18FNO2. The van der Waals surface area contributed by atoms with E-state index >= 15 is 0 Å². The molecule has 0 amide bonds. The topological polar surface area (TPSA) is 30.5 Å². The van der Waals surface area contributed by atoms with E-state index in [9.17, 15) is 4.39 Å². The van der Waals surface area contributed by atoms with Crippen LogP contribution in [0.5, 0.6) is 5.75 Å². The first-order valence-electron chi connectivity index (χ1n) is 5.96. The minimum absolute atomic E-state index is 0.158. The summed E-state index contributed by atoms with van der Waals surface area (Å²) in [4.78, 5) is 0. The van der Waals surface area contributed by atoms with Crippen molar-refractivity contribution < 1.29 is 13.9 Å². The van der Waals surface area contributed by atoms with Crippen molar-refractivity contribution in [2.45, 2.75) is 25.5 Å². The van der Waals surface area contributed by atoms with Crippen molar-refractivity contribution in [2.75, 3.05) is 20.3 Å². The molecule has 4 heteroatoms. The summed E-state index contributed by atoms with van der Waals surface area (Å²) in [7, 11) is 1.83. The Morgan fingerprint density at radius 3 is 3.06 bits per heavy atom. The van der Waals surface area contributed by atoms with Gasteiger partial charge in [-0.2, -0.15) is 0 Å². The number of nitrogens with one attached hydrogen (secondary N) is 1. The van der Waals surface area contributed by atoms with Crippen molar-refractivity contribution in [3.05, 3.63) is 29.6 Å². The van der Waals surface area contributed by atoms with Gasteiger partial charge in [0, 0.05) is 19.2 Å². The molecule has 1 aromatic rings. The highest BCUT2D eigenvalue weighted by atomic mass is 19.1. The summed E-state index contributed by atoms with van der Waals surface area (Å²) in [6.45, 7) is 1.94. The van der Waals surface area contributed by atoms with Crippen LogP contribution >= 0.6 is 0 Å². The van der Waals surface area contributed by atoms with Gasteiger partial charge in [0.2, 0.25) is 0 Å². The third-order valence-corrected chi connectivity index (χ3v) is 2.77. The van der Waals surface area contributed by atoms with Crippen molar-refractivity contribution in [1.82, 2.24) is 5.32 Å². The normalized spacial score (nSPS) is 19.5. The third kappa shape index (κ3) is 3.68. The quantitative estimate of drug-likeness (QED) is 0.853. The van der Waals surface area contributed by atoms with Crippen LogP contribution in [0.4, 0.5) is 4.39 Å². The molecule has 0 radical (unpaired) electrons. The van der Waals surface area contributed by atoms with E-state index in [4.69, 9.17) is 9.47 Å². The lowest BCUT2D eigenvalue weighted by molar-refractivity contribution is 0.0678. The van der Waals surface area contributed by atoms with Crippen LogP contribution in [0.2, 0.25) is 0 Å². The van der Waals surface area contributed by atoms with Crippen molar-refractivity contribution in [1.29, 1.82) is 0 Å². The van der Waals surface area contributed by atoms with Crippen molar-refractivity contribution in [3.8, 4) is 5.75 Å². The van der Waals surface area contributed by atoms with Gasteiger partial charge in [0.15, 0.2) is 0 Å². The van der Waals surface area contributed by atoms with E-state index in [-0.39, 0.29) is 11.9 Å². The average Bonchev–Trinajstić information content (AvgIpc) is 2.79. The Morgan fingerprint density at radius 2 is 2.35 bits per heavy atom. The van der Waals surface area contributed by atoms with Crippen molar-refractivity contribution in [3.63, 3.8) is 0 Å². The minimum atomic E-state index is -0.264. The molecule has 1 aliphatic rings. The summed E-state index contributed by atoms with van der Waals surface area (Å²) >= 11 is 0. The van der Waals surface area contributed by atoms with Gasteiger partial charge < -0.3 is 14.8 Å². The molecule has 0 aliphatic carbocycles. The molecule has 1 aromatic carbocycles. The van der Waals surface area contributed by atoms with E-state index < -0.39 is 0 Å². The largest absolute Gasteiger partial charge is 0.491 e. The molecule has 17 heavy (non-hydrogen) atoms. The summed E-state index contributed by atoms with van der Waals surface area (Å²) in [5.41, 5.74) is 0.884. The predicted molar refractivity (Wildman–Crippen MR) is 63.6 cm³/mol. The van der Waals surface area contributed by atoms with Crippen LogP contribution in [0.15, 0.2) is 18.2 Å². The van der Waals surface area contributed by atoms with Gasteiger partial charge in [-0.3, -0.25) is 0 Å². The summed E-state index contributed by atoms with van der Waals surface area (Å²) in [5.74, 6) is 0.311. The summed E-state index contributed by atoms with van der Waals surface area (Å²) in [6, 6.07) is 4.78. The van der Waals surface area contributed by atoms with E-state index in [1.54, 1.807) is 0 Å². The smallest absolute Gasteiger partial charge is 0.127 e. The first-order chi connectivity index (χ1) is 8.28. The zero-order valence-electron chi connectivity index (χ0n) is 10.0. The van der Waals surface area contributed by atoms with E-state index in [1.807, 2.05) is 13.1 Å². The summed E-state index contributed by atoms with van der Waals surface area (Å²) in [5, 5.41) is 2.99. The number of halogens is 1. The van der Waals surface area contributed by atoms with Gasteiger partial charge in [-0.25, -0.2) is 4.39 Å². The molecule has 1 N–H and O–H groups in total. The minimum Gasteiger partial charge on any atom is -0.491 e. The third-order valence-electron chi connectivity index (χ3n) is 2.77. The fourth-order valence-electron chi connectivity index (χ4n) is 1.98. The van der Waals surface area contributed by atoms with Gasteiger partial charge in [0.05, 0.1) is 6.10 Å². The zero-order valence-corrected chi connectivity index (χ0v) is 10.0. The number of hydrogen-bond acceptors (Lipinski definition) is 3. The number of benzene rings is 1. The Hall–Kier alpha value is -1.13. The Balaban J connectivity index is 1.94. The van der Waals surface area contributed by atoms with Crippen LogP contribution in [0.1, 0.15) is 18.4 Å². The monoisotopic (exact) mass is 239 g/mol. The molecule has 3 nitrogen and oxygen atoms in total. The molecule has 1 saturated heterocycles. The lowest BCUT2D eigenvalue weighted by atomic mass is 10.2. The Bertz CT molecular complexity index is 364. The Morgan fingerprint density at radius 1 is 1.47 bits per heavy atom. The highest BCUT2D eigenvalue weighted by Crippen LogP contribution is 2.19. The Labute approximate surface area is 101 Å². The maximum Gasteiger partial charge on any atom is 0.127 e. The Kier molecular flexibility index (Phi) is 4.34. The molecule has 1 atom stereocenters. The van der Waals surface area contributed by atoms with E-state index in [0.29, 0.717) is 18.9 Å². The maximum absolute atomic E-state index is 13.3. The number of ether oxygens (including phenoxy) is 2. The first-order valence-corrected chi connectivity index (χ1v) is 5.96. The van der Waals surface area contributed by atoms with Gasteiger partial charge in [-0.05, 0) is 37.6 Å². The second-order valence-electron chi connectivity index (χ2n) is 4.27. The van der Waals surface area contributed by atoms with Crippen molar-refractivity contribution >= 4 is 0 Å². The molecule has 1 fully saturated rings. The van der Waals surface area contributed by atoms with Gasteiger partial charge in [0.25, 0.3) is 0 Å². The molecule has 2 rings (SSSR count). The molecule has 1 heterocycles. The van der Waals surface area contributed by atoms with Gasteiger partial charge in [-0.1, -0.05) is 0 Å². The average molecular weight is 239 g/mol. The highest BCUT2D eigenvalue weighted by molar-refractivity contribution is 5.29. The fourth-order valence-corrected chi connectivity index (χ4v) is 1.98. The molecule has 1 unspecified atom stereocenters. The van der Waals surface area contributed by atoms with Crippen LogP contribution in [0.25, 0.3) is 0 Å². The molecule has 1 aliphatic heterocycles. The lowest BCUT2D eigenvalue weighted by Gasteiger charge is -2.12. The van der Waals surface area contributed by atoms with Crippen LogP contribution in [0, 0.1) is 5.82 Å². The number of hydrogen-bond donors (Lipinski definition) is 1. The van der Waals surface area contributed by atoms with Crippen LogP contribution in [-0.4, -0.2) is 26.4 Å². The first kappa shape index (κ1) is 12.3. The van der Waals surface area contributed by atoms with Gasteiger partial charge in [0.1, 0.15) is 18.2 Å².